The van der Waals surface area contributed by atoms with Gasteiger partial charge in [-0.1, -0.05) is 24.8 Å². The Morgan fingerprint density at radius 2 is 2.28 bits per heavy atom. The van der Waals surface area contributed by atoms with Crippen LogP contribution < -0.4 is 5.56 Å². The van der Waals surface area contributed by atoms with Gasteiger partial charge in [0, 0.05) is 27.5 Å². The van der Waals surface area contributed by atoms with Crippen LogP contribution in [0.1, 0.15) is 24.6 Å². The van der Waals surface area contributed by atoms with Gasteiger partial charge in [-0.05, 0) is 24.3 Å². The minimum Gasteiger partial charge on any atom is -0.469 e. The molecule has 3 aromatic rings. The minimum atomic E-state index is -0.219. The zero-order valence-corrected chi connectivity index (χ0v) is 16.4. The molecule has 3 heterocycles. The molecule has 0 amide bonds. The summed E-state index contributed by atoms with van der Waals surface area (Å²) in [5.74, 6) is 0.483. The molecule has 25 heavy (non-hydrogen) atoms. The number of carbonyl (C=O) groups excluding carboxylic acids is 1. The third-order valence-electron chi connectivity index (χ3n) is 3.69. The summed E-state index contributed by atoms with van der Waals surface area (Å²) in [6, 6.07) is 4.04. The Labute approximate surface area is 157 Å². The second kappa shape index (κ2) is 8.16. The molecule has 3 aromatic heterocycles. The maximum atomic E-state index is 12.7. The van der Waals surface area contributed by atoms with Gasteiger partial charge in [0.15, 0.2) is 5.16 Å². The van der Waals surface area contributed by atoms with Crippen molar-refractivity contribution in [2.75, 3.05) is 12.9 Å². The Kier molecular flexibility index (Phi) is 5.93. The molecule has 0 spiro atoms. The van der Waals surface area contributed by atoms with Gasteiger partial charge >= 0.3 is 5.97 Å². The summed E-state index contributed by atoms with van der Waals surface area (Å²) >= 11 is 4.68. The van der Waals surface area contributed by atoms with E-state index < -0.39 is 0 Å². The van der Waals surface area contributed by atoms with Crippen molar-refractivity contribution in [1.29, 1.82) is 0 Å². The second-order valence-corrected chi connectivity index (χ2v) is 8.43. The van der Waals surface area contributed by atoms with Gasteiger partial charge in [0.2, 0.25) is 0 Å². The molecule has 0 aliphatic rings. The van der Waals surface area contributed by atoms with Crippen LogP contribution in [0.3, 0.4) is 0 Å². The maximum absolute atomic E-state index is 12.7. The number of esters is 1. The number of hydrogen-bond donors (Lipinski definition) is 1. The first-order valence-corrected chi connectivity index (χ1v) is 10.6. The molecule has 0 aliphatic heterocycles. The van der Waals surface area contributed by atoms with Crippen LogP contribution in [-0.2, 0) is 16.0 Å². The fourth-order valence-corrected chi connectivity index (χ4v) is 5.38. The van der Waals surface area contributed by atoms with Gasteiger partial charge in [0.25, 0.3) is 5.56 Å². The van der Waals surface area contributed by atoms with E-state index in [9.17, 15) is 9.59 Å². The van der Waals surface area contributed by atoms with Crippen molar-refractivity contribution in [2.24, 2.45) is 0 Å². The van der Waals surface area contributed by atoms with E-state index in [4.69, 9.17) is 0 Å². The van der Waals surface area contributed by atoms with Crippen molar-refractivity contribution in [3.63, 3.8) is 0 Å². The van der Waals surface area contributed by atoms with E-state index in [0.717, 1.165) is 21.7 Å². The number of aryl methyl sites for hydroxylation is 1. The highest BCUT2D eigenvalue weighted by Crippen LogP contribution is 2.39. The number of methoxy groups -OCH3 is 1. The summed E-state index contributed by atoms with van der Waals surface area (Å²) in [5.41, 5.74) is 0.924. The van der Waals surface area contributed by atoms with Gasteiger partial charge in [-0.2, -0.15) is 0 Å². The topological polar surface area (TPSA) is 72.0 Å². The largest absolute Gasteiger partial charge is 0.469 e. The van der Waals surface area contributed by atoms with Gasteiger partial charge < -0.3 is 9.72 Å². The smallest absolute Gasteiger partial charge is 0.305 e. The van der Waals surface area contributed by atoms with E-state index in [0.29, 0.717) is 29.1 Å². The van der Waals surface area contributed by atoms with Crippen LogP contribution in [0, 0.1) is 0 Å². The molecule has 0 saturated heterocycles. The van der Waals surface area contributed by atoms with Crippen LogP contribution in [0.15, 0.2) is 27.5 Å². The summed E-state index contributed by atoms with van der Waals surface area (Å²) in [5, 5.41) is 3.30. The Balaban J connectivity index is 1.88. The molecule has 0 aliphatic carbocycles. The molecule has 8 heteroatoms. The number of aromatic nitrogens is 2. The first-order valence-electron chi connectivity index (χ1n) is 7.93. The number of nitrogens with zero attached hydrogens (tertiary/aromatic N) is 1. The SMILES string of the molecule is CCc1sc2nc(SCCCC(=O)OC)[nH]c(=O)c2c1-c1cccs1. The van der Waals surface area contributed by atoms with E-state index >= 15 is 0 Å². The highest BCUT2D eigenvalue weighted by Gasteiger charge is 2.18. The third-order valence-corrected chi connectivity index (χ3v) is 6.77. The molecule has 0 unspecified atom stereocenters. The number of fused-ring (bicyclic) bond motifs is 1. The van der Waals surface area contributed by atoms with Gasteiger partial charge in [0.1, 0.15) is 4.83 Å². The fourth-order valence-electron chi connectivity index (χ4n) is 2.52. The Morgan fingerprint density at radius 1 is 1.44 bits per heavy atom. The van der Waals surface area contributed by atoms with E-state index in [1.54, 1.807) is 22.7 Å². The number of thioether (sulfide) groups is 1. The van der Waals surface area contributed by atoms with Crippen LogP contribution in [0.25, 0.3) is 20.7 Å². The highest BCUT2D eigenvalue weighted by molar-refractivity contribution is 7.99. The lowest BCUT2D eigenvalue weighted by molar-refractivity contribution is -0.140. The molecule has 3 rings (SSSR count). The lowest BCUT2D eigenvalue weighted by atomic mass is 10.1. The van der Waals surface area contributed by atoms with Crippen LogP contribution >= 0.6 is 34.4 Å². The average molecular weight is 395 g/mol. The summed E-state index contributed by atoms with van der Waals surface area (Å²) in [4.78, 5) is 34.4. The van der Waals surface area contributed by atoms with Gasteiger partial charge in [-0.3, -0.25) is 9.59 Å². The number of aromatic amines is 1. The van der Waals surface area contributed by atoms with E-state index in [2.05, 4.69) is 21.6 Å². The fraction of sp³-hybridized carbons (Fsp3) is 0.353. The summed E-state index contributed by atoms with van der Waals surface area (Å²) < 4.78 is 4.62. The summed E-state index contributed by atoms with van der Waals surface area (Å²) in [6.45, 7) is 2.10. The van der Waals surface area contributed by atoms with E-state index in [1.807, 2.05) is 17.5 Å². The van der Waals surface area contributed by atoms with Crippen LogP contribution in [0.2, 0.25) is 0 Å². The normalized spacial score (nSPS) is 11.1. The lowest BCUT2D eigenvalue weighted by Crippen LogP contribution is -2.09. The Morgan fingerprint density at radius 3 is 2.96 bits per heavy atom. The predicted octanol–water partition coefficient (Wildman–Crippen LogP) is 4.32. The van der Waals surface area contributed by atoms with Crippen molar-refractivity contribution >= 4 is 50.6 Å². The molecule has 132 valence electrons. The van der Waals surface area contributed by atoms with Crippen molar-refractivity contribution < 1.29 is 9.53 Å². The number of nitrogens with one attached hydrogen (secondary N) is 1. The number of thiophene rings is 2. The molecule has 0 radical (unpaired) electrons. The quantitative estimate of drug-likeness (QED) is 0.280. The van der Waals surface area contributed by atoms with Crippen LogP contribution in [0.4, 0.5) is 0 Å². The zero-order chi connectivity index (χ0) is 17.8. The van der Waals surface area contributed by atoms with Crippen molar-refractivity contribution in [1.82, 2.24) is 9.97 Å². The Bertz CT molecular complexity index is 929. The average Bonchev–Trinajstić information content (AvgIpc) is 3.25. The van der Waals surface area contributed by atoms with E-state index in [1.165, 1.54) is 23.7 Å². The van der Waals surface area contributed by atoms with Crippen molar-refractivity contribution in [2.45, 2.75) is 31.3 Å². The minimum absolute atomic E-state index is 0.0974. The number of rotatable bonds is 7. The molecular weight excluding hydrogens is 376 g/mol. The number of H-pyrrole nitrogens is 1. The summed E-state index contributed by atoms with van der Waals surface area (Å²) in [7, 11) is 1.38. The lowest BCUT2D eigenvalue weighted by Gasteiger charge is -2.02. The van der Waals surface area contributed by atoms with Crippen LogP contribution in [0.5, 0.6) is 0 Å². The van der Waals surface area contributed by atoms with Crippen molar-refractivity contribution in [3.8, 4) is 10.4 Å². The standard InChI is InChI=1S/C17H18N2O3S3/c1-3-10-13(11-6-4-8-23-11)14-15(21)18-17(19-16(14)25-10)24-9-5-7-12(20)22-2/h4,6,8H,3,5,7,9H2,1-2H3,(H,18,19,21). The van der Waals surface area contributed by atoms with Gasteiger partial charge in [-0.15, -0.1) is 22.7 Å². The second-order valence-electron chi connectivity index (χ2n) is 5.31. The third kappa shape index (κ3) is 3.96. The molecule has 0 fully saturated rings. The predicted molar refractivity (Wildman–Crippen MR) is 105 cm³/mol. The van der Waals surface area contributed by atoms with Crippen molar-refractivity contribution in [3.05, 3.63) is 32.7 Å². The molecular formula is C17H18N2O3S3. The molecule has 1 N–H and O–H groups in total. The number of carbonyl (C=O) groups is 1. The maximum Gasteiger partial charge on any atom is 0.305 e. The number of ether oxygens (including phenoxy) is 1. The molecule has 0 saturated carbocycles. The first kappa shape index (κ1) is 18.2. The zero-order valence-electron chi connectivity index (χ0n) is 14.0. The monoisotopic (exact) mass is 394 g/mol. The molecule has 0 aromatic carbocycles. The van der Waals surface area contributed by atoms with Crippen LogP contribution in [-0.4, -0.2) is 28.8 Å². The molecule has 0 atom stereocenters. The van der Waals surface area contributed by atoms with Gasteiger partial charge in [-0.25, -0.2) is 4.98 Å². The Hall–Kier alpha value is -1.64. The highest BCUT2D eigenvalue weighted by atomic mass is 32.2. The van der Waals surface area contributed by atoms with Gasteiger partial charge in [0.05, 0.1) is 12.5 Å². The number of hydrogen-bond acceptors (Lipinski definition) is 7. The van der Waals surface area contributed by atoms with E-state index in [-0.39, 0.29) is 11.5 Å². The molecule has 5 nitrogen and oxygen atoms in total. The summed E-state index contributed by atoms with van der Waals surface area (Å²) in [6.07, 6.45) is 1.93. The molecule has 0 bridgehead atoms. The first-order chi connectivity index (χ1) is 12.1.